The van der Waals surface area contributed by atoms with E-state index in [9.17, 15) is 4.79 Å². The largest absolute Gasteiger partial charge is 0.478 e. The van der Waals surface area contributed by atoms with Crippen LogP contribution in [0.1, 0.15) is 28.3 Å². The molecule has 0 aliphatic carbocycles. The summed E-state index contributed by atoms with van der Waals surface area (Å²) in [7, 11) is 0. The van der Waals surface area contributed by atoms with Gasteiger partial charge in [0.25, 0.3) is 0 Å². The minimum Gasteiger partial charge on any atom is -0.478 e. The summed E-state index contributed by atoms with van der Waals surface area (Å²) >= 11 is 1.57. The van der Waals surface area contributed by atoms with Crippen LogP contribution in [-0.2, 0) is 0 Å². The SMILES string of the molecule is CC(Nc1cccc(C(=O)O)c1)c1nccs1. The van der Waals surface area contributed by atoms with Crippen molar-refractivity contribution in [2.45, 2.75) is 13.0 Å². The molecule has 2 aromatic rings. The highest BCUT2D eigenvalue weighted by Gasteiger charge is 2.09. The Kier molecular flexibility index (Phi) is 3.39. The lowest BCUT2D eigenvalue weighted by Crippen LogP contribution is -2.07. The number of benzene rings is 1. The Hall–Kier alpha value is -1.88. The fourth-order valence-corrected chi connectivity index (χ4v) is 2.15. The maximum atomic E-state index is 10.8. The van der Waals surface area contributed by atoms with Crippen molar-refractivity contribution >= 4 is 23.0 Å². The monoisotopic (exact) mass is 248 g/mol. The molecule has 0 bridgehead atoms. The molecular formula is C12H12N2O2S. The molecule has 0 amide bonds. The molecule has 4 nitrogen and oxygen atoms in total. The molecule has 1 aromatic carbocycles. The van der Waals surface area contributed by atoms with E-state index in [1.165, 1.54) is 0 Å². The summed E-state index contributed by atoms with van der Waals surface area (Å²) in [6.07, 6.45) is 1.76. The zero-order chi connectivity index (χ0) is 12.3. The van der Waals surface area contributed by atoms with Crippen molar-refractivity contribution in [2.75, 3.05) is 5.32 Å². The Morgan fingerprint density at radius 1 is 1.53 bits per heavy atom. The number of carbonyl (C=O) groups is 1. The molecule has 17 heavy (non-hydrogen) atoms. The number of aromatic carboxylic acids is 1. The zero-order valence-corrected chi connectivity index (χ0v) is 10.1. The summed E-state index contributed by atoms with van der Waals surface area (Å²) in [5.74, 6) is -0.921. The van der Waals surface area contributed by atoms with Gasteiger partial charge in [0.15, 0.2) is 0 Å². The predicted molar refractivity (Wildman–Crippen MR) is 67.6 cm³/mol. The molecule has 0 saturated heterocycles. The van der Waals surface area contributed by atoms with E-state index in [2.05, 4.69) is 10.3 Å². The van der Waals surface area contributed by atoms with Crippen molar-refractivity contribution in [2.24, 2.45) is 0 Å². The first-order valence-electron chi connectivity index (χ1n) is 5.16. The summed E-state index contributed by atoms with van der Waals surface area (Å²) < 4.78 is 0. The number of aromatic nitrogens is 1. The van der Waals surface area contributed by atoms with Crippen LogP contribution in [0, 0.1) is 0 Å². The maximum absolute atomic E-state index is 10.8. The van der Waals surface area contributed by atoms with E-state index in [0.717, 1.165) is 10.7 Å². The molecule has 0 radical (unpaired) electrons. The summed E-state index contributed by atoms with van der Waals surface area (Å²) in [5, 5.41) is 15.0. The predicted octanol–water partition coefficient (Wildman–Crippen LogP) is 3.01. The standard InChI is InChI=1S/C12H12N2O2S/c1-8(11-13-5-6-17-11)14-10-4-2-3-9(7-10)12(15)16/h2-8,14H,1H3,(H,15,16). The van der Waals surface area contributed by atoms with Crippen molar-refractivity contribution < 1.29 is 9.90 Å². The van der Waals surface area contributed by atoms with Gasteiger partial charge in [0.2, 0.25) is 0 Å². The minimum absolute atomic E-state index is 0.0686. The minimum atomic E-state index is -0.921. The lowest BCUT2D eigenvalue weighted by Gasteiger charge is -2.12. The van der Waals surface area contributed by atoms with Gasteiger partial charge in [0.1, 0.15) is 5.01 Å². The number of nitrogens with zero attached hydrogens (tertiary/aromatic N) is 1. The summed E-state index contributed by atoms with van der Waals surface area (Å²) in [4.78, 5) is 15.0. The Morgan fingerprint density at radius 2 is 2.35 bits per heavy atom. The van der Waals surface area contributed by atoms with Crippen LogP contribution in [0.3, 0.4) is 0 Å². The number of rotatable bonds is 4. The third kappa shape index (κ3) is 2.82. The number of carboxylic acid groups (broad SMARTS) is 1. The molecule has 1 heterocycles. The van der Waals surface area contributed by atoms with E-state index in [4.69, 9.17) is 5.11 Å². The van der Waals surface area contributed by atoms with Crippen LogP contribution in [0.2, 0.25) is 0 Å². The van der Waals surface area contributed by atoms with E-state index in [-0.39, 0.29) is 11.6 Å². The average molecular weight is 248 g/mol. The Labute approximate surface area is 103 Å². The zero-order valence-electron chi connectivity index (χ0n) is 9.25. The lowest BCUT2D eigenvalue weighted by molar-refractivity contribution is 0.0697. The van der Waals surface area contributed by atoms with Crippen LogP contribution < -0.4 is 5.32 Å². The van der Waals surface area contributed by atoms with E-state index in [1.807, 2.05) is 18.4 Å². The molecule has 2 N–H and O–H groups in total. The Bertz CT molecular complexity index is 511. The second-order valence-corrected chi connectivity index (χ2v) is 4.55. The summed E-state index contributed by atoms with van der Waals surface area (Å²) in [6, 6.07) is 6.82. The third-order valence-corrected chi connectivity index (χ3v) is 3.27. The van der Waals surface area contributed by atoms with E-state index >= 15 is 0 Å². The maximum Gasteiger partial charge on any atom is 0.335 e. The van der Waals surface area contributed by atoms with Crippen LogP contribution >= 0.6 is 11.3 Å². The topological polar surface area (TPSA) is 62.2 Å². The summed E-state index contributed by atoms with van der Waals surface area (Å²) in [6.45, 7) is 1.99. The molecule has 0 aliphatic rings. The van der Waals surface area contributed by atoms with Gasteiger partial charge in [-0.25, -0.2) is 9.78 Å². The van der Waals surface area contributed by atoms with E-state index in [1.54, 1.807) is 35.7 Å². The normalized spacial score (nSPS) is 12.1. The van der Waals surface area contributed by atoms with Crippen LogP contribution in [0.4, 0.5) is 5.69 Å². The van der Waals surface area contributed by atoms with Gasteiger partial charge in [-0.15, -0.1) is 11.3 Å². The molecule has 0 fully saturated rings. The van der Waals surface area contributed by atoms with Crippen LogP contribution in [0.15, 0.2) is 35.8 Å². The molecule has 88 valence electrons. The highest BCUT2D eigenvalue weighted by atomic mass is 32.1. The highest BCUT2D eigenvalue weighted by Crippen LogP contribution is 2.21. The third-order valence-electron chi connectivity index (χ3n) is 2.31. The van der Waals surface area contributed by atoms with E-state index in [0.29, 0.717) is 0 Å². The van der Waals surface area contributed by atoms with Gasteiger partial charge in [0, 0.05) is 17.3 Å². The van der Waals surface area contributed by atoms with Crippen LogP contribution in [-0.4, -0.2) is 16.1 Å². The fraction of sp³-hybridized carbons (Fsp3) is 0.167. The molecule has 1 aromatic heterocycles. The number of carboxylic acids is 1. The van der Waals surface area contributed by atoms with E-state index < -0.39 is 5.97 Å². The Balaban J connectivity index is 2.13. The first kappa shape index (κ1) is 11.6. The first-order chi connectivity index (χ1) is 8.16. The van der Waals surface area contributed by atoms with Gasteiger partial charge in [-0.05, 0) is 25.1 Å². The first-order valence-corrected chi connectivity index (χ1v) is 6.04. The molecule has 1 unspecified atom stereocenters. The number of hydrogen-bond donors (Lipinski definition) is 2. The molecule has 2 rings (SSSR count). The molecule has 1 atom stereocenters. The molecule has 0 spiro atoms. The summed E-state index contributed by atoms with van der Waals surface area (Å²) in [5.41, 5.74) is 1.06. The van der Waals surface area contributed by atoms with Crippen molar-refractivity contribution in [3.63, 3.8) is 0 Å². The van der Waals surface area contributed by atoms with Gasteiger partial charge in [-0.3, -0.25) is 0 Å². The van der Waals surface area contributed by atoms with Gasteiger partial charge < -0.3 is 10.4 Å². The number of nitrogens with one attached hydrogen (secondary N) is 1. The number of hydrogen-bond acceptors (Lipinski definition) is 4. The van der Waals surface area contributed by atoms with Crippen molar-refractivity contribution in [1.29, 1.82) is 0 Å². The van der Waals surface area contributed by atoms with Crippen LogP contribution in [0.5, 0.6) is 0 Å². The van der Waals surface area contributed by atoms with Crippen LogP contribution in [0.25, 0.3) is 0 Å². The molecule has 0 saturated carbocycles. The molecule has 5 heteroatoms. The smallest absolute Gasteiger partial charge is 0.335 e. The van der Waals surface area contributed by atoms with Crippen molar-refractivity contribution in [1.82, 2.24) is 4.98 Å². The van der Waals surface area contributed by atoms with Gasteiger partial charge in [-0.2, -0.15) is 0 Å². The molecular weight excluding hydrogens is 236 g/mol. The number of thiazole rings is 1. The van der Waals surface area contributed by atoms with Gasteiger partial charge in [-0.1, -0.05) is 6.07 Å². The quantitative estimate of drug-likeness (QED) is 0.873. The van der Waals surface area contributed by atoms with Crippen molar-refractivity contribution in [3.05, 3.63) is 46.4 Å². The van der Waals surface area contributed by atoms with Gasteiger partial charge >= 0.3 is 5.97 Å². The number of anilines is 1. The van der Waals surface area contributed by atoms with Gasteiger partial charge in [0.05, 0.1) is 11.6 Å². The fourth-order valence-electron chi connectivity index (χ4n) is 1.50. The second kappa shape index (κ2) is 4.97. The highest BCUT2D eigenvalue weighted by molar-refractivity contribution is 7.09. The molecule has 0 aliphatic heterocycles. The average Bonchev–Trinajstić information content (AvgIpc) is 2.82. The Morgan fingerprint density at radius 3 is 3.00 bits per heavy atom. The van der Waals surface area contributed by atoms with Crippen molar-refractivity contribution in [3.8, 4) is 0 Å². The second-order valence-electron chi connectivity index (χ2n) is 3.62. The lowest BCUT2D eigenvalue weighted by atomic mass is 10.2.